The quantitative estimate of drug-likeness (QED) is 0.558. The lowest BCUT2D eigenvalue weighted by Gasteiger charge is -2.41. The normalized spacial score (nSPS) is 15.6. The molecule has 1 saturated heterocycles. The number of hydrogen-bond acceptors (Lipinski definition) is 3. The Kier molecular flexibility index (Phi) is 7.54. The Balaban J connectivity index is 1.80. The average molecular weight is 453 g/mol. The molecule has 1 atom stereocenters. The van der Waals surface area contributed by atoms with Crippen molar-refractivity contribution in [2.45, 2.75) is 37.1 Å². The average Bonchev–Trinajstić information content (AvgIpc) is 2.71. The second kappa shape index (κ2) is 9.96. The van der Waals surface area contributed by atoms with E-state index >= 15 is 0 Å². The molecule has 1 unspecified atom stereocenters. The highest BCUT2D eigenvalue weighted by atomic mass is 32.2. The third-order valence-corrected chi connectivity index (χ3v) is 5.84. The van der Waals surface area contributed by atoms with Crippen LogP contribution in [0.5, 0.6) is 0 Å². The fourth-order valence-electron chi connectivity index (χ4n) is 3.38. The summed E-state index contributed by atoms with van der Waals surface area (Å²) in [6.45, 7) is 5.28. The largest absolute Gasteiger partial charge is 0.416 e. The molecule has 1 N–H and O–H groups in total. The van der Waals surface area contributed by atoms with Gasteiger partial charge in [0.25, 0.3) is 0 Å². The van der Waals surface area contributed by atoms with Gasteiger partial charge in [-0.15, -0.1) is 11.8 Å². The molecule has 2 aromatic rings. The van der Waals surface area contributed by atoms with Gasteiger partial charge in [0.1, 0.15) is 6.10 Å². The molecule has 1 fully saturated rings. The molecule has 4 nitrogen and oxygen atoms in total. The van der Waals surface area contributed by atoms with Crippen LogP contribution in [0.4, 0.5) is 18.0 Å². The van der Waals surface area contributed by atoms with E-state index in [0.29, 0.717) is 31.1 Å². The van der Waals surface area contributed by atoms with Gasteiger partial charge in [-0.1, -0.05) is 44.2 Å². The van der Waals surface area contributed by atoms with E-state index in [-0.39, 0.29) is 17.7 Å². The van der Waals surface area contributed by atoms with Gasteiger partial charge < -0.3 is 15.0 Å². The van der Waals surface area contributed by atoms with E-state index in [4.69, 9.17) is 4.74 Å². The number of carbonyl (C=O) groups excluding carboxylic acids is 1. The summed E-state index contributed by atoms with van der Waals surface area (Å²) < 4.78 is 47.2. The van der Waals surface area contributed by atoms with Crippen LogP contribution in [-0.2, 0) is 10.9 Å². The van der Waals surface area contributed by atoms with Crippen molar-refractivity contribution in [3.05, 3.63) is 65.2 Å². The number of thioether (sulfide) groups is 1. The van der Waals surface area contributed by atoms with Crippen molar-refractivity contribution in [2.24, 2.45) is 5.92 Å². The van der Waals surface area contributed by atoms with Gasteiger partial charge in [0.2, 0.25) is 0 Å². The lowest BCUT2D eigenvalue weighted by Crippen LogP contribution is -2.58. The summed E-state index contributed by atoms with van der Waals surface area (Å²) in [6.07, 6.45) is -3.76. The number of rotatable bonds is 7. The molecule has 2 aromatic carbocycles. The Labute approximate surface area is 185 Å². The molecular formula is C23H27F3N2O2S. The molecule has 2 amide bonds. The van der Waals surface area contributed by atoms with Gasteiger partial charge in [-0.25, -0.2) is 4.79 Å². The summed E-state index contributed by atoms with van der Waals surface area (Å²) in [6, 6.07) is 12.7. The zero-order chi connectivity index (χ0) is 22.6. The maximum atomic E-state index is 13.7. The molecule has 0 aliphatic carbocycles. The van der Waals surface area contributed by atoms with Crippen molar-refractivity contribution >= 4 is 17.8 Å². The number of ether oxygens (including phenoxy) is 1. The number of nitrogens with zero attached hydrogens (tertiary/aromatic N) is 1. The zero-order valence-corrected chi connectivity index (χ0v) is 18.6. The third kappa shape index (κ3) is 5.95. The first-order valence-electron chi connectivity index (χ1n) is 10.2. The van der Waals surface area contributed by atoms with E-state index in [1.807, 2.05) is 32.2 Å². The number of likely N-dealkylation sites (tertiary alicyclic amines) is 1. The van der Waals surface area contributed by atoms with E-state index in [9.17, 15) is 18.0 Å². The lowest BCUT2D eigenvalue weighted by atomic mass is 9.95. The first-order chi connectivity index (χ1) is 14.7. The number of hydrogen-bond donors (Lipinski definition) is 1. The minimum atomic E-state index is -4.49. The SMILES string of the molecule is CSc1ccc(C(OC2CN(C(=O)NCC(C)C)C2)c2ccccc2C(F)(F)F)cc1. The Morgan fingerprint density at radius 2 is 1.81 bits per heavy atom. The molecule has 31 heavy (non-hydrogen) atoms. The summed E-state index contributed by atoms with van der Waals surface area (Å²) in [4.78, 5) is 14.8. The van der Waals surface area contributed by atoms with Crippen LogP contribution in [0.15, 0.2) is 53.4 Å². The van der Waals surface area contributed by atoms with E-state index in [0.717, 1.165) is 11.0 Å². The number of alkyl halides is 3. The molecular weight excluding hydrogens is 425 g/mol. The standard InChI is InChI=1S/C23H27F3N2O2S/c1-15(2)12-27-22(29)28-13-17(14-28)30-21(16-8-10-18(31-3)11-9-16)19-6-4-5-7-20(19)23(24,25)26/h4-11,15,17,21H,12-14H2,1-3H3,(H,27,29). The van der Waals surface area contributed by atoms with Crippen LogP contribution in [0.1, 0.15) is 36.6 Å². The molecule has 1 heterocycles. The first kappa shape index (κ1) is 23.5. The van der Waals surface area contributed by atoms with Crippen molar-refractivity contribution in [2.75, 3.05) is 25.9 Å². The van der Waals surface area contributed by atoms with Crippen molar-refractivity contribution in [3.63, 3.8) is 0 Å². The number of benzene rings is 2. The maximum Gasteiger partial charge on any atom is 0.416 e. The Hall–Kier alpha value is -2.19. The summed E-state index contributed by atoms with van der Waals surface area (Å²) in [7, 11) is 0. The van der Waals surface area contributed by atoms with Gasteiger partial charge in [0, 0.05) is 11.4 Å². The molecule has 0 radical (unpaired) electrons. The fraction of sp³-hybridized carbons (Fsp3) is 0.435. The van der Waals surface area contributed by atoms with Gasteiger partial charge in [-0.05, 0) is 41.5 Å². The van der Waals surface area contributed by atoms with Gasteiger partial charge in [0.05, 0.1) is 24.8 Å². The molecule has 0 bridgehead atoms. The number of amides is 2. The van der Waals surface area contributed by atoms with Gasteiger partial charge >= 0.3 is 12.2 Å². The predicted molar refractivity (Wildman–Crippen MR) is 116 cm³/mol. The van der Waals surface area contributed by atoms with Gasteiger partial charge in [0.15, 0.2) is 0 Å². The Morgan fingerprint density at radius 3 is 2.39 bits per heavy atom. The van der Waals surface area contributed by atoms with Gasteiger partial charge in [-0.3, -0.25) is 0 Å². The summed E-state index contributed by atoms with van der Waals surface area (Å²) >= 11 is 1.56. The minimum absolute atomic E-state index is 0.0783. The second-order valence-corrected chi connectivity index (χ2v) is 8.86. The molecule has 0 aromatic heterocycles. The highest BCUT2D eigenvalue weighted by Crippen LogP contribution is 2.39. The summed E-state index contributed by atoms with van der Waals surface area (Å²) in [5.74, 6) is 0.338. The first-order valence-corrected chi connectivity index (χ1v) is 11.4. The third-order valence-electron chi connectivity index (χ3n) is 5.09. The van der Waals surface area contributed by atoms with E-state index < -0.39 is 17.8 Å². The van der Waals surface area contributed by atoms with Crippen molar-refractivity contribution < 1.29 is 22.7 Å². The zero-order valence-electron chi connectivity index (χ0n) is 17.8. The molecule has 168 valence electrons. The van der Waals surface area contributed by atoms with Crippen molar-refractivity contribution in [1.82, 2.24) is 10.2 Å². The molecule has 0 spiro atoms. The topological polar surface area (TPSA) is 41.6 Å². The molecule has 1 aliphatic heterocycles. The van der Waals surface area contributed by atoms with Crippen LogP contribution >= 0.6 is 11.8 Å². The molecule has 3 rings (SSSR count). The van der Waals surface area contributed by atoms with Crippen molar-refractivity contribution in [3.8, 4) is 0 Å². The smallest absolute Gasteiger partial charge is 0.362 e. The van der Waals surface area contributed by atoms with E-state index in [1.54, 1.807) is 34.9 Å². The van der Waals surface area contributed by atoms with Crippen LogP contribution in [0.2, 0.25) is 0 Å². The molecule has 1 aliphatic rings. The van der Waals surface area contributed by atoms with Crippen LogP contribution in [0.25, 0.3) is 0 Å². The van der Waals surface area contributed by atoms with Gasteiger partial charge in [-0.2, -0.15) is 13.2 Å². The molecule has 0 saturated carbocycles. The monoisotopic (exact) mass is 452 g/mol. The number of carbonyl (C=O) groups is 1. The number of halogens is 3. The maximum absolute atomic E-state index is 13.7. The number of urea groups is 1. The van der Waals surface area contributed by atoms with Crippen molar-refractivity contribution in [1.29, 1.82) is 0 Å². The highest BCUT2D eigenvalue weighted by molar-refractivity contribution is 7.98. The highest BCUT2D eigenvalue weighted by Gasteiger charge is 2.38. The number of nitrogens with one attached hydrogen (secondary N) is 1. The summed E-state index contributed by atoms with van der Waals surface area (Å²) in [5, 5.41) is 2.84. The fourth-order valence-corrected chi connectivity index (χ4v) is 3.79. The van der Waals surface area contributed by atoms with Crippen LogP contribution < -0.4 is 5.32 Å². The molecule has 8 heteroatoms. The van der Waals surface area contributed by atoms with Crippen LogP contribution in [-0.4, -0.2) is 42.9 Å². The Bertz CT molecular complexity index is 881. The minimum Gasteiger partial charge on any atom is -0.362 e. The summed E-state index contributed by atoms with van der Waals surface area (Å²) in [5.41, 5.74) is 0.0200. The lowest BCUT2D eigenvalue weighted by molar-refractivity contribution is -0.140. The van der Waals surface area contributed by atoms with Crippen LogP contribution in [0.3, 0.4) is 0 Å². The Morgan fingerprint density at radius 1 is 1.16 bits per heavy atom. The predicted octanol–water partition coefficient (Wildman–Crippen LogP) is 5.58. The van der Waals surface area contributed by atoms with E-state index in [1.165, 1.54) is 12.1 Å². The van der Waals surface area contributed by atoms with Crippen LogP contribution in [0, 0.1) is 5.92 Å². The second-order valence-electron chi connectivity index (χ2n) is 7.98. The van der Waals surface area contributed by atoms with E-state index in [2.05, 4.69) is 5.32 Å².